The zero-order chi connectivity index (χ0) is 18.7. The van der Waals surface area contributed by atoms with Crippen molar-refractivity contribution in [2.24, 2.45) is 0 Å². The van der Waals surface area contributed by atoms with E-state index in [0.29, 0.717) is 11.3 Å². The first-order valence-electron chi connectivity index (χ1n) is 7.36. The van der Waals surface area contributed by atoms with Gasteiger partial charge in [-0.25, -0.2) is 0 Å². The van der Waals surface area contributed by atoms with Crippen molar-refractivity contribution in [3.63, 3.8) is 0 Å². The Hall–Kier alpha value is -1.80. The van der Waals surface area contributed by atoms with E-state index in [1.165, 1.54) is 12.1 Å². The third-order valence-electron chi connectivity index (χ3n) is 3.29. The molecule has 2 aromatic rings. The third-order valence-corrected chi connectivity index (χ3v) is 3.97. The van der Waals surface area contributed by atoms with Gasteiger partial charge in [-0.3, -0.25) is 0 Å². The molecule has 4 N–H and O–H groups in total. The van der Waals surface area contributed by atoms with Crippen LogP contribution in [0.5, 0.6) is 17.2 Å². The Morgan fingerprint density at radius 1 is 1.24 bits per heavy atom. The Morgan fingerprint density at radius 3 is 2.52 bits per heavy atom. The number of phenols is 1. The predicted octanol–water partition coefficient (Wildman–Crippen LogP) is 3.87. The van der Waals surface area contributed by atoms with Gasteiger partial charge in [0.15, 0.2) is 17.9 Å². The summed E-state index contributed by atoms with van der Waals surface area (Å²) in [6, 6.07) is 4.53. The highest BCUT2D eigenvalue weighted by molar-refractivity contribution is 6.38. The Labute approximate surface area is 153 Å². The number of phenolic OH excluding ortho intramolecular Hbond substituents is 1. The van der Waals surface area contributed by atoms with Crippen LogP contribution < -0.4 is 10.1 Å². The van der Waals surface area contributed by atoms with Gasteiger partial charge in [-0.1, -0.05) is 37.0 Å². The van der Waals surface area contributed by atoms with Crippen LogP contribution in [0, 0.1) is 5.95 Å². The number of rotatable bonds is 6. The van der Waals surface area contributed by atoms with Crippen molar-refractivity contribution < 1.29 is 24.4 Å². The fourth-order valence-electron chi connectivity index (χ4n) is 2.06. The maximum Gasteiger partial charge on any atom is 0.237 e. The van der Waals surface area contributed by atoms with Crippen LogP contribution in [0.4, 0.5) is 10.2 Å². The largest absolute Gasteiger partial charge is 0.508 e. The fourth-order valence-corrected chi connectivity index (χ4v) is 2.53. The molecule has 0 atom stereocenters. The lowest BCUT2D eigenvalue weighted by Gasteiger charge is -2.16. The number of aromatic hydroxyl groups is 1. The summed E-state index contributed by atoms with van der Waals surface area (Å²) in [5.74, 6) is -0.907. The van der Waals surface area contributed by atoms with Crippen molar-refractivity contribution in [3.05, 3.63) is 39.8 Å². The number of nitrogens with zero attached hydrogens (tertiary/aromatic N) is 1. The Morgan fingerprint density at radius 2 is 1.92 bits per heavy atom. The molecule has 0 aliphatic rings. The van der Waals surface area contributed by atoms with E-state index in [0.717, 1.165) is 0 Å². The number of aromatic nitrogens is 1. The summed E-state index contributed by atoms with van der Waals surface area (Å²) < 4.78 is 19.5. The Kier molecular flexibility index (Phi) is 6.29. The number of aliphatic hydroxyl groups is 2. The highest BCUT2D eigenvalue weighted by atomic mass is 35.5. The lowest BCUT2D eigenvalue weighted by atomic mass is 10.0. The van der Waals surface area contributed by atoms with Crippen LogP contribution >= 0.6 is 23.2 Å². The normalized spacial score (nSPS) is 11.2. The zero-order valence-electron chi connectivity index (χ0n) is 13.4. The number of halogens is 3. The molecule has 0 bridgehead atoms. The number of ether oxygens (including phenoxy) is 1. The average molecular weight is 391 g/mol. The SMILES string of the molecule is CC(C)c1cc(Oc2c(Cl)c(F)nc(NCC(O)O)c2Cl)ccc1O. The first-order chi connectivity index (χ1) is 11.7. The van der Waals surface area contributed by atoms with Crippen molar-refractivity contribution in [1.82, 2.24) is 4.98 Å². The summed E-state index contributed by atoms with van der Waals surface area (Å²) in [4.78, 5) is 3.52. The van der Waals surface area contributed by atoms with E-state index in [9.17, 15) is 9.50 Å². The van der Waals surface area contributed by atoms with Crippen LogP contribution in [-0.4, -0.2) is 33.1 Å². The molecule has 0 fully saturated rings. The molecule has 0 radical (unpaired) electrons. The molecule has 0 aliphatic heterocycles. The van der Waals surface area contributed by atoms with Crippen LogP contribution in [0.25, 0.3) is 0 Å². The minimum atomic E-state index is -1.67. The second-order valence-corrected chi connectivity index (χ2v) is 6.30. The van der Waals surface area contributed by atoms with Crippen molar-refractivity contribution >= 4 is 29.0 Å². The molecule has 0 amide bonds. The number of anilines is 1. The summed E-state index contributed by atoms with van der Waals surface area (Å²) >= 11 is 12.0. The molecule has 136 valence electrons. The molecule has 1 aromatic carbocycles. The number of aliphatic hydroxyl groups excluding tert-OH is 1. The fraction of sp³-hybridized carbons (Fsp3) is 0.312. The van der Waals surface area contributed by atoms with Gasteiger partial charge in [-0.15, -0.1) is 0 Å². The molecule has 0 saturated carbocycles. The lowest BCUT2D eigenvalue weighted by molar-refractivity contribution is -0.0276. The molecule has 0 aliphatic carbocycles. The number of benzene rings is 1. The average Bonchev–Trinajstić information content (AvgIpc) is 2.54. The summed E-state index contributed by atoms with van der Waals surface area (Å²) in [7, 11) is 0. The minimum absolute atomic E-state index is 0.0342. The number of nitrogens with one attached hydrogen (secondary N) is 1. The summed E-state index contributed by atoms with van der Waals surface area (Å²) in [6.07, 6.45) is -1.67. The van der Waals surface area contributed by atoms with Crippen molar-refractivity contribution in [2.75, 3.05) is 11.9 Å². The topological polar surface area (TPSA) is 94.8 Å². The smallest absolute Gasteiger partial charge is 0.237 e. The lowest BCUT2D eigenvalue weighted by Crippen LogP contribution is -2.19. The molecule has 25 heavy (non-hydrogen) atoms. The maximum absolute atomic E-state index is 13.9. The molecule has 0 unspecified atom stereocenters. The van der Waals surface area contributed by atoms with Crippen LogP contribution in [0.15, 0.2) is 18.2 Å². The van der Waals surface area contributed by atoms with Crippen LogP contribution in [0.2, 0.25) is 10.0 Å². The molecule has 1 aromatic heterocycles. The van der Waals surface area contributed by atoms with E-state index in [2.05, 4.69) is 10.3 Å². The van der Waals surface area contributed by atoms with Gasteiger partial charge < -0.3 is 25.4 Å². The number of hydrogen-bond acceptors (Lipinski definition) is 6. The molecule has 0 spiro atoms. The first kappa shape index (κ1) is 19.5. The van der Waals surface area contributed by atoms with E-state index >= 15 is 0 Å². The summed E-state index contributed by atoms with van der Waals surface area (Å²) in [6.45, 7) is 3.48. The standard InChI is InChI=1S/C16H17Cl2FN2O4/c1-7(2)9-5-8(3-4-10(9)22)25-14-12(17)15(19)21-16(13(14)18)20-6-11(23)24/h3-5,7,11,22-24H,6H2,1-2H3,(H,20,21). The van der Waals surface area contributed by atoms with E-state index < -0.39 is 17.3 Å². The van der Waals surface area contributed by atoms with E-state index in [-0.39, 0.29) is 34.8 Å². The van der Waals surface area contributed by atoms with Crippen molar-refractivity contribution in [1.29, 1.82) is 0 Å². The quantitative estimate of drug-likeness (QED) is 0.441. The van der Waals surface area contributed by atoms with Gasteiger partial charge in [0, 0.05) is 5.56 Å². The Bertz CT molecular complexity index is 772. The van der Waals surface area contributed by atoms with Gasteiger partial charge >= 0.3 is 0 Å². The predicted molar refractivity (Wildman–Crippen MR) is 93.2 cm³/mol. The van der Waals surface area contributed by atoms with E-state index in [1.54, 1.807) is 6.07 Å². The summed E-state index contributed by atoms with van der Waals surface area (Å²) in [5, 5.41) is 29.6. The van der Waals surface area contributed by atoms with Crippen molar-refractivity contribution in [2.45, 2.75) is 26.1 Å². The summed E-state index contributed by atoms with van der Waals surface area (Å²) in [5.41, 5.74) is 0.640. The first-order valence-corrected chi connectivity index (χ1v) is 8.11. The van der Waals surface area contributed by atoms with Gasteiger partial charge in [0.25, 0.3) is 0 Å². The number of hydrogen-bond donors (Lipinski definition) is 4. The monoisotopic (exact) mass is 390 g/mol. The molecule has 9 heteroatoms. The van der Waals surface area contributed by atoms with Crippen LogP contribution in [-0.2, 0) is 0 Å². The third kappa shape index (κ3) is 4.64. The molecule has 2 rings (SSSR count). The van der Waals surface area contributed by atoms with Crippen LogP contribution in [0.1, 0.15) is 25.3 Å². The second kappa shape index (κ2) is 8.05. The van der Waals surface area contributed by atoms with Gasteiger partial charge in [0.2, 0.25) is 5.95 Å². The zero-order valence-corrected chi connectivity index (χ0v) is 14.9. The molecule has 0 saturated heterocycles. The van der Waals surface area contributed by atoms with E-state index in [1.807, 2.05) is 13.8 Å². The van der Waals surface area contributed by atoms with Gasteiger partial charge in [-0.2, -0.15) is 9.37 Å². The van der Waals surface area contributed by atoms with Gasteiger partial charge in [0.1, 0.15) is 21.5 Å². The van der Waals surface area contributed by atoms with Gasteiger partial charge in [0.05, 0.1) is 6.54 Å². The maximum atomic E-state index is 13.9. The minimum Gasteiger partial charge on any atom is -0.508 e. The highest BCUT2D eigenvalue weighted by Gasteiger charge is 2.20. The highest BCUT2D eigenvalue weighted by Crippen LogP contribution is 2.42. The molecular weight excluding hydrogens is 374 g/mol. The van der Waals surface area contributed by atoms with E-state index in [4.69, 9.17) is 38.2 Å². The number of pyridine rings is 1. The Balaban J connectivity index is 2.40. The molecule has 6 nitrogen and oxygen atoms in total. The van der Waals surface area contributed by atoms with Crippen molar-refractivity contribution in [3.8, 4) is 17.2 Å². The van der Waals surface area contributed by atoms with Crippen LogP contribution in [0.3, 0.4) is 0 Å². The van der Waals surface area contributed by atoms with Gasteiger partial charge in [-0.05, 0) is 24.1 Å². The second-order valence-electron chi connectivity index (χ2n) is 5.55. The molecule has 1 heterocycles. The molecular formula is C16H17Cl2FN2O4.